The van der Waals surface area contributed by atoms with Crippen molar-refractivity contribution in [1.29, 1.82) is 0 Å². The third-order valence-corrected chi connectivity index (χ3v) is 2.53. The number of rotatable bonds is 1. The molecule has 0 amide bonds. The second-order valence-corrected chi connectivity index (χ2v) is 7.07. The van der Waals surface area contributed by atoms with Crippen LogP contribution in [0.15, 0.2) is 16.6 Å². The van der Waals surface area contributed by atoms with Crippen LogP contribution in [0.1, 0.15) is 48.0 Å². The molecule has 20 heavy (non-hydrogen) atoms. The minimum Gasteiger partial charge on any atom is 4.00 e. The Morgan fingerprint density at radius 1 is 1.00 bits per heavy atom. The van der Waals surface area contributed by atoms with Crippen molar-refractivity contribution in [1.82, 2.24) is 0 Å². The molecule has 6 heteroatoms. The average Bonchev–Trinajstić information content (AvgIpc) is 2.66. The van der Waals surface area contributed by atoms with E-state index in [1.165, 1.54) is 0 Å². The molecule has 0 unspecified atom stereocenters. The first-order valence-electron chi connectivity index (χ1n) is 6.58. The topological polar surface area (TPSA) is 71.4 Å². The Balaban J connectivity index is -0.0000000881. The largest absolute Gasteiger partial charge is 4.00 e. The van der Waals surface area contributed by atoms with Gasteiger partial charge in [-0.3, -0.25) is 0 Å². The molecule has 3 nitrogen and oxygen atoms in total. The molecular weight excluding hydrogens is 393 g/mol. The Morgan fingerprint density at radius 3 is 1.40 bits per heavy atom. The van der Waals surface area contributed by atoms with E-state index in [4.69, 9.17) is 17.2 Å². The van der Waals surface area contributed by atoms with Crippen LogP contribution in [0.25, 0.3) is 17.2 Å². The zero-order valence-electron chi connectivity index (χ0n) is 13.7. The zero-order chi connectivity index (χ0) is 15.8. The van der Waals surface area contributed by atoms with Crippen molar-refractivity contribution in [3.05, 3.63) is 39.8 Å². The normalized spacial score (nSPS) is 12.2. The van der Waals surface area contributed by atoms with Crippen LogP contribution in [0.3, 0.4) is 0 Å². The van der Waals surface area contributed by atoms with E-state index in [1.807, 2.05) is 53.7 Å². The summed E-state index contributed by atoms with van der Waals surface area (Å²) in [5, 5.41) is 0. The van der Waals surface area contributed by atoms with Gasteiger partial charge in [0, 0.05) is 0 Å². The summed E-state index contributed by atoms with van der Waals surface area (Å²) in [6, 6.07) is 0.250. The van der Waals surface area contributed by atoms with E-state index in [2.05, 4.69) is 6.08 Å². The van der Waals surface area contributed by atoms with Gasteiger partial charge in [-0.25, -0.2) is 0 Å². The maximum Gasteiger partial charge on any atom is 4.00 e. The predicted octanol–water partition coefficient (Wildman–Crippen LogP) is 5.03. The summed E-state index contributed by atoms with van der Waals surface area (Å²) in [5.74, 6) is 0. The van der Waals surface area contributed by atoms with Crippen molar-refractivity contribution in [2.45, 2.75) is 66.1 Å². The van der Waals surface area contributed by atoms with Crippen molar-refractivity contribution in [3.63, 3.8) is 0 Å². The summed E-state index contributed by atoms with van der Waals surface area (Å²) < 4.78 is 12.6. The minimum absolute atomic E-state index is 0. The van der Waals surface area contributed by atoms with Crippen LogP contribution in [0.5, 0.6) is 0 Å². The van der Waals surface area contributed by atoms with Gasteiger partial charge in [0.1, 0.15) is 0 Å². The molecule has 116 valence electrons. The van der Waals surface area contributed by atoms with Gasteiger partial charge >= 0.3 is 74.7 Å². The molecule has 0 aromatic heterocycles. The Bertz CT molecular complexity index is 210. The number of nitrogens with one attached hydrogen (secondary N) is 3. The first kappa shape index (κ1) is 28.8. The molecule has 0 saturated carbocycles. The maximum atomic E-state index is 11.7. The van der Waals surface area contributed by atoms with Crippen molar-refractivity contribution in [2.24, 2.45) is 0 Å². The van der Waals surface area contributed by atoms with Crippen LogP contribution in [0.2, 0.25) is 0 Å². The Hall–Kier alpha value is 0.716. The van der Waals surface area contributed by atoms with Gasteiger partial charge in [-0.1, -0.05) is 41.5 Å². The maximum absolute atomic E-state index is 11.7. The van der Waals surface area contributed by atoms with E-state index in [9.17, 15) is 3.50 Å². The van der Waals surface area contributed by atoms with E-state index in [0.717, 1.165) is 10.8 Å². The average molecular weight is 423 g/mol. The van der Waals surface area contributed by atoms with Crippen molar-refractivity contribution in [2.75, 3.05) is 0 Å². The second kappa shape index (κ2) is 22.0. The van der Waals surface area contributed by atoms with Gasteiger partial charge in [-0.05, 0) is 0 Å². The van der Waals surface area contributed by atoms with Gasteiger partial charge in [0.05, 0.1) is 0 Å². The fourth-order valence-electron chi connectivity index (χ4n) is 0.542. The molecule has 3 N–H and O–H groups in total. The van der Waals surface area contributed by atoms with Crippen LogP contribution >= 0.6 is 0 Å². The van der Waals surface area contributed by atoms with Gasteiger partial charge in [0.15, 0.2) is 0 Å². The molecule has 0 bridgehead atoms. The van der Waals surface area contributed by atoms with Crippen molar-refractivity contribution in [3.8, 4) is 0 Å². The third kappa shape index (κ3) is 62.2. The number of hydrogen-bond acceptors (Lipinski definition) is 0. The van der Waals surface area contributed by atoms with E-state index >= 15 is 0 Å². The number of halogens is 1. The van der Waals surface area contributed by atoms with E-state index in [-0.39, 0.29) is 44.3 Å². The van der Waals surface area contributed by atoms with E-state index in [1.54, 1.807) is 0 Å². The summed E-state index contributed by atoms with van der Waals surface area (Å²) >= 11 is -1.75. The summed E-state index contributed by atoms with van der Waals surface area (Å²) in [6.07, 6.45) is 7.55. The van der Waals surface area contributed by atoms with Gasteiger partial charge in [0.2, 0.25) is 0 Å². The summed E-state index contributed by atoms with van der Waals surface area (Å²) in [7, 11) is 0. The van der Waals surface area contributed by atoms with E-state index < -0.39 is 15.9 Å². The third-order valence-electron chi connectivity index (χ3n) is 0.910. The molecule has 0 fully saturated rings. The van der Waals surface area contributed by atoms with Gasteiger partial charge in [0.25, 0.3) is 0 Å². The second-order valence-electron chi connectivity index (χ2n) is 4.91. The van der Waals surface area contributed by atoms with Gasteiger partial charge < -0.3 is 17.2 Å². The predicted molar refractivity (Wildman–Crippen MR) is 88.5 cm³/mol. The van der Waals surface area contributed by atoms with E-state index in [0.29, 0.717) is 0 Å². The van der Waals surface area contributed by atoms with Gasteiger partial charge in [-0.2, -0.15) is 0 Å². The molecule has 1 aliphatic rings. The van der Waals surface area contributed by atoms with Crippen LogP contribution in [0, 0.1) is 6.08 Å². The smallest absolute Gasteiger partial charge is 4.00 e. The van der Waals surface area contributed by atoms with Crippen molar-refractivity contribution < 1.29 is 29.7 Å². The molecule has 0 atom stereocenters. The Morgan fingerprint density at radius 2 is 1.30 bits per heavy atom. The molecule has 0 aromatic rings. The first-order chi connectivity index (χ1) is 8.63. The first-order valence-corrected chi connectivity index (χ1v) is 9.19. The Kier molecular flexibility index (Phi) is 31.7. The van der Waals surface area contributed by atoms with Crippen molar-refractivity contribution >= 4 is 15.9 Å². The van der Waals surface area contributed by atoms with Crippen LogP contribution in [-0.4, -0.2) is 34.0 Å². The number of allylic oxidation sites excluding steroid dienone is 4. The zero-order valence-corrected chi connectivity index (χ0v) is 19.1. The molecule has 1 rings (SSSR count). The SMILES string of the molecule is CC(C)[NH-].CC(C)[NH-].CC(C)[NH-].[F][GeH2][C]1=[C-]CC=C1.[Zr+4]. The molecule has 0 spiro atoms. The molecule has 0 saturated heterocycles. The summed E-state index contributed by atoms with van der Waals surface area (Å²) in [5.41, 5.74) is 19.8. The number of hydrogen-bond donors (Lipinski definition) is 0. The monoisotopic (exact) mass is 423 g/mol. The summed E-state index contributed by atoms with van der Waals surface area (Å²) in [4.78, 5) is 0. The molecule has 0 aliphatic heterocycles. The molecule has 0 heterocycles. The molecule has 0 radical (unpaired) electrons. The fraction of sp³-hybridized carbons (Fsp3) is 0.714. The van der Waals surface area contributed by atoms with Crippen LogP contribution in [0.4, 0.5) is 3.50 Å². The van der Waals surface area contributed by atoms with Gasteiger partial charge in [-0.15, -0.1) is 18.1 Å². The van der Waals surface area contributed by atoms with Crippen LogP contribution in [-0.2, 0) is 26.2 Å². The molecule has 1 aliphatic carbocycles. The summed E-state index contributed by atoms with van der Waals surface area (Å²) in [6.45, 7) is 11.0. The fourth-order valence-corrected chi connectivity index (χ4v) is 1.58. The standard InChI is InChI=1S/C5H6FGe.3C3H8N.Zr/c6-7-5-3-1-2-4-5;3*1-3(2)4;/h1,3H,2,7H2;3*3-4H,1-2H3;/q4*-1;+4. The Labute approximate surface area is 151 Å². The quantitative estimate of drug-likeness (QED) is 0.420. The minimum atomic E-state index is -1.75. The molecule has 0 aromatic carbocycles. The molecular formula is C14H30FGeN3Zr. The van der Waals surface area contributed by atoms with Crippen LogP contribution < -0.4 is 0 Å².